The summed E-state index contributed by atoms with van der Waals surface area (Å²) in [6.07, 6.45) is 3.80. The van der Waals surface area contributed by atoms with E-state index in [1.807, 2.05) is 0 Å². The van der Waals surface area contributed by atoms with Gasteiger partial charge in [-0.05, 0) is 32.9 Å². The molecule has 5 heteroatoms. The third-order valence-corrected chi connectivity index (χ3v) is 2.98. The zero-order valence-corrected chi connectivity index (χ0v) is 9.49. The van der Waals surface area contributed by atoms with Gasteiger partial charge in [-0.3, -0.25) is 4.90 Å². The van der Waals surface area contributed by atoms with Gasteiger partial charge in [0.15, 0.2) is 0 Å². The predicted molar refractivity (Wildman–Crippen MR) is 60.7 cm³/mol. The van der Waals surface area contributed by atoms with Crippen molar-refractivity contribution in [1.29, 1.82) is 0 Å². The first-order valence-corrected chi connectivity index (χ1v) is 5.71. The van der Waals surface area contributed by atoms with Crippen molar-refractivity contribution in [2.75, 3.05) is 25.0 Å². The lowest BCUT2D eigenvalue weighted by Gasteiger charge is -2.23. The zero-order valence-electron chi connectivity index (χ0n) is 9.49. The van der Waals surface area contributed by atoms with Gasteiger partial charge >= 0.3 is 0 Å². The third kappa shape index (κ3) is 2.88. The minimum Gasteiger partial charge on any atom is -0.368 e. The topological polar surface area (TPSA) is 41.1 Å². The fourth-order valence-corrected chi connectivity index (χ4v) is 1.99. The van der Waals surface area contributed by atoms with Crippen LogP contribution in [0.15, 0.2) is 12.4 Å². The van der Waals surface area contributed by atoms with Crippen LogP contribution in [0.1, 0.15) is 19.8 Å². The van der Waals surface area contributed by atoms with Crippen molar-refractivity contribution < 1.29 is 4.39 Å². The van der Waals surface area contributed by atoms with Gasteiger partial charge in [0.2, 0.25) is 5.95 Å². The average Bonchev–Trinajstić information content (AvgIpc) is 2.79. The number of nitrogens with zero attached hydrogens (tertiary/aromatic N) is 3. The highest BCUT2D eigenvalue weighted by atomic mass is 19.1. The maximum atomic E-state index is 12.8. The molecule has 1 aliphatic heterocycles. The molecule has 2 rings (SSSR count). The van der Waals surface area contributed by atoms with Crippen LogP contribution in [0.25, 0.3) is 0 Å². The Bertz CT molecular complexity index is 339. The zero-order chi connectivity index (χ0) is 11.4. The molecule has 0 saturated carbocycles. The number of halogens is 1. The first-order chi connectivity index (χ1) is 7.75. The summed E-state index contributed by atoms with van der Waals surface area (Å²) < 4.78 is 12.8. The maximum Gasteiger partial charge on any atom is 0.217 e. The van der Waals surface area contributed by atoms with E-state index >= 15 is 0 Å². The first kappa shape index (κ1) is 11.3. The molecular weight excluding hydrogens is 207 g/mol. The van der Waals surface area contributed by atoms with Gasteiger partial charge in [-0.25, -0.2) is 9.97 Å². The monoisotopic (exact) mass is 224 g/mol. The molecule has 1 saturated heterocycles. The highest BCUT2D eigenvalue weighted by Crippen LogP contribution is 2.12. The van der Waals surface area contributed by atoms with Crippen molar-refractivity contribution in [3.05, 3.63) is 18.3 Å². The number of hydrogen-bond acceptors (Lipinski definition) is 4. The van der Waals surface area contributed by atoms with Gasteiger partial charge in [-0.15, -0.1) is 0 Å². The standard InChI is InChI=1S/C11H17FN4/c1-9(16-4-2-3-5-16)7-13-11-6-10(12)14-8-15-11/h6,8-9H,2-5,7H2,1H3,(H,13,14,15). The van der Waals surface area contributed by atoms with Crippen LogP contribution in [0.3, 0.4) is 0 Å². The number of rotatable bonds is 4. The van der Waals surface area contributed by atoms with Crippen LogP contribution in [-0.2, 0) is 0 Å². The Morgan fingerprint density at radius 2 is 2.19 bits per heavy atom. The van der Waals surface area contributed by atoms with E-state index in [2.05, 4.69) is 27.1 Å². The Morgan fingerprint density at radius 1 is 1.44 bits per heavy atom. The fourth-order valence-electron chi connectivity index (χ4n) is 1.99. The molecule has 0 radical (unpaired) electrons. The normalized spacial score (nSPS) is 18.6. The molecule has 0 bridgehead atoms. The summed E-state index contributed by atoms with van der Waals surface area (Å²) in [7, 11) is 0. The summed E-state index contributed by atoms with van der Waals surface area (Å²) >= 11 is 0. The predicted octanol–water partition coefficient (Wildman–Crippen LogP) is 1.51. The molecule has 0 amide bonds. The lowest BCUT2D eigenvalue weighted by Crippen LogP contribution is -2.35. The summed E-state index contributed by atoms with van der Waals surface area (Å²) in [6.45, 7) is 5.30. The Morgan fingerprint density at radius 3 is 2.88 bits per heavy atom. The van der Waals surface area contributed by atoms with E-state index in [0.717, 1.165) is 6.54 Å². The molecule has 4 nitrogen and oxygen atoms in total. The smallest absolute Gasteiger partial charge is 0.217 e. The van der Waals surface area contributed by atoms with Crippen LogP contribution in [0.4, 0.5) is 10.2 Å². The van der Waals surface area contributed by atoms with Crippen molar-refractivity contribution in [3.8, 4) is 0 Å². The fraction of sp³-hybridized carbons (Fsp3) is 0.636. The van der Waals surface area contributed by atoms with Crippen LogP contribution < -0.4 is 5.32 Å². The summed E-state index contributed by atoms with van der Waals surface area (Å²) in [5.41, 5.74) is 0. The summed E-state index contributed by atoms with van der Waals surface area (Å²) in [4.78, 5) is 9.81. The molecule has 1 aromatic rings. The average molecular weight is 224 g/mol. The minimum absolute atomic E-state index is 0.459. The van der Waals surface area contributed by atoms with Gasteiger partial charge in [-0.1, -0.05) is 0 Å². The molecule has 16 heavy (non-hydrogen) atoms. The molecule has 0 aromatic carbocycles. The van der Waals surface area contributed by atoms with Gasteiger partial charge in [-0.2, -0.15) is 4.39 Å². The lowest BCUT2D eigenvalue weighted by molar-refractivity contribution is 0.269. The largest absolute Gasteiger partial charge is 0.368 e. The van der Waals surface area contributed by atoms with Crippen LogP contribution in [-0.4, -0.2) is 40.5 Å². The van der Waals surface area contributed by atoms with Gasteiger partial charge in [0, 0.05) is 18.7 Å². The van der Waals surface area contributed by atoms with E-state index in [9.17, 15) is 4.39 Å². The summed E-state index contributed by atoms with van der Waals surface area (Å²) in [5.74, 6) is 0.0601. The van der Waals surface area contributed by atoms with Gasteiger partial charge < -0.3 is 5.32 Å². The number of anilines is 1. The summed E-state index contributed by atoms with van der Waals surface area (Å²) in [5, 5.41) is 3.13. The molecule has 1 aliphatic rings. The first-order valence-electron chi connectivity index (χ1n) is 5.71. The van der Waals surface area contributed by atoms with Crippen molar-refractivity contribution in [2.45, 2.75) is 25.8 Å². The molecule has 1 unspecified atom stereocenters. The molecular formula is C11H17FN4. The van der Waals surface area contributed by atoms with E-state index in [4.69, 9.17) is 0 Å². The Kier molecular flexibility index (Phi) is 3.66. The highest BCUT2D eigenvalue weighted by molar-refractivity contribution is 5.32. The number of nitrogens with one attached hydrogen (secondary N) is 1. The van der Waals surface area contributed by atoms with Gasteiger partial charge in [0.1, 0.15) is 12.1 Å². The van der Waals surface area contributed by atoms with E-state index in [0.29, 0.717) is 11.9 Å². The van der Waals surface area contributed by atoms with E-state index < -0.39 is 5.95 Å². The Labute approximate surface area is 94.9 Å². The molecule has 88 valence electrons. The van der Waals surface area contributed by atoms with Crippen molar-refractivity contribution in [2.24, 2.45) is 0 Å². The van der Waals surface area contributed by atoms with E-state index in [-0.39, 0.29) is 0 Å². The lowest BCUT2D eigenvalue weighted by atomic mass is 10.3. The Balaban J connectivity index is 1.82. The number of likely N-dealkylation sites (tertiary alicyclic amines) is 1. The number of hydrogen-bond donors (Lipinski definition) is 1. The van der Waals surface area contributed by atoms with Crippen molar-refractivity contribution in [1.82, 2.24) is 14.9 Å². The van der Waals surface area contributed by atoms with Gasteiger partial charge in [0.25, 0.3) is 0 Å². The molecule has 0 spiro atoms. The quantitative estimate of drug-likeness (QED) is 0.787. The summed E-state index contributed by atoms with van der Waals surface area (Å²) in [6, 6.07) is 1.77. The second kappa shape index (κ2) is 5.21. The third-order valence-electron chi connectivity index (χ3n) is 2.98. The molecule has 1 N–H and O–H groups in total. The van der Waals surface area contributed by atoms with Crippen molar-refractivity contribution >= 4 is 5.82 Å². The SMILES string of the molecule is CC(CNc1cc(F)ncn1)N1CCCC1. The molecule has 2 heterocycles. The molecule has 1 aromatic heterocycles. The van der Waals surface area contributed by atoms with Gasteiger partial charge in [0.05, 0.1) is 0 Å². The highest BCUT2D eigenvalue weighted by Gasteiger charge is 2.17. The van der Waals surface area contributed by atoms with Crippen LogP contribution >= 0.6 is 0 Å². The number of aromatic nitrogens is 2. The second-order valence-electron chi connectivity index (χ2n) is 4.20. The van der Waals surface area contributed by atoms with Crippen molar-refractivity contribution in [3.63, 3.8) is 0 Å². The van der Waals surface area contributed by atoms with Crippen LogP contribution in [0, 0.1) is 5.95 Å². The van der Waals surface area contributed by atoms with E-state index in [1.54, 1.807) is 0 Å². The Hall–Kier alpha value is -1.23. The minimum atomic E-state index is -0.494. The molecule has 1 fully saturated rings. The van der Waals surface area contributed by atoms with Crippen LogP contribution in [0.2, 0.25) is 0 Å². The van der Waals surface area contributed by atoms with E-state index in [1.165, 1.54) is 38.3 Å². The van der Waals surface area contributed by atoms with Crippen LogP contribution in [0.5, 0.6) is 0 Å². The molecule has 1 atom stereocenters. The maximum absolute atomic E-state index is 12.8. The second-order valence-corrected chi connectivity index (χ2v) is 4.20. The molecule has 0 aliphatic carbocycles.